The van der Waals surface area contributed by atoms with Crippen molar-refractivity contribution < 1.29 is 22.7 Å². The quantitative estimate of drug-likeness (QED) is 0.395. The first kappa shape index (κ1) is 31.1. The molecule has 0 aliphatic carbocycles. The minimum atomic E-state index is -3.62. The average molecular weight is 546 g/mol. The minimum absolute atomic E-state index is 0.0913. The van der Waals surface area contributed by atoms with Crippen LogP contribution < -0.4 is 14.4 Å². The minimum Gasteiger partial charge on any atom is -0.492 e. The van der Waals surface area contributed by atoms with E-state index in [-0.39, 0.29) is 31.2 Å². The van der Waals surface area contributed by atoms with Crippen LogP contribution >= 0.6 is 0 Å². The molecule has 0 radical (unpaired) electrons. The number of rotatable bonds is 13. The van der Waals surface area contributed by atoms with Crippen LogP contribution in [-0.4, -0.2) is 56.1 Å². The van der Waals surface area contributed by atoms with Crippen LogP contribution in [0.2, 0.25) is 0 Å². The first-order chi connectivity index (χ1) is 17.8. The summed E-state index contributed by atoms with van der Waals surface area (Å²) in [5.74, 6) is 0.0684. The molecule has 38 heavy (non-hydrogen) atoms. The van der Waals surface area contributed by atoms with Crippen molar-refractivity contribution in [3.63, 3.8) is 0 Å². The van der Waals surface area contributed by atoms with Gasteiger partial charge in [0.2, 0.25) is 21.8 Å². The predicted molar refractivity (Wildman–Crippen MR) is 153 cm³/mol. The summed E-state index contributed by atoms with van der Waals surface area (Å²) in [6, 6.07) is 14.1. The average Bonchev–Trinajstić information content (AvgIpc) is 2.81. The molecule has 2 amide bonds. The number of amides is 2. The van der Waals surface area contributed by atoms with Crippen LogP contribution in [0.25, 0.3) is 0 Å². The van der Waals surface area contributed by atoms with E-state index in [4.69, 9.17) is 4.74 Å². The van der Waals surface area contributed by atoms with E-state index in [9.17, 15) is 18.0 Å². The van der Waals surface area contributed by atoms with Crippen LogP contribution in [0.5, 0.6) is 5.75 Å². The molecule has 0 unspecified atom stereocenters. The fourth-order valence-electron chi connectivity index (χ4n) is 4.27. The van der Waals surface area contributed by atoms with Crippen LogP contribution in [-0.2, 0) is 26.2 Å². The highest BCUT2D eigenvalue weighted by Gasteiger charge is 2.31. The lowest BCUT2D eigenvalue weighted by Crippen LogP contribution is -2.53. The fraction of sp³-hybridized carbons (Fsp3) is 0.517. The van der Waals surface area contributed by atoms with Crippen LogP contribution in [0.3, 0.4) is 0 Å². The Kier molecular flexibility index (Phi) is 11.2. The zero-order chi connectivity index (χ0) is 28.5. The number of para-hydroxylation sites is 2. The molecule has 1 atom stereocenters. The van der Waals surface area contributed by atoms with Gasteiger partial charge in [-0.05, 0) is 70.7 Å². The second-order valence-electron chi connectivity index (χ2n) is 10.5. The van der Waals surface area contributed by atoms with Gasteiger partial charge in [0, 0.05) is 25.0 Å². The molecule has 0 spiro atoms. The summed E-state index contributed by atoms with van der Waals surface area (Å²) in [6.45, 7) is 12.2. The molecule has 0 heterocycles. The standard InChI is InChI=1S/C29H43N3O5S/c1-8-24(28(34)30-29(4,5)6)31(21-23-16-11-10-15-22(23)3)27(33)19-14-20-32(38(7,35)36)25-17-12-13-18-26(25)37-9-2/h10-13,15-18,24H,8-9,14,19-21H2,1-7H3,(H,30,34)/t24-/m1/s1. The molecule has 0 aromatic heterocycles. The Morgan fingerprint density at radius 3 is 2.24 bits per heavy atom. The highest BCUT2D eigenvalue weighted by Crippen LogP contribution is 2.30. The highest BCUT2D eigenvalue weighted by atomic mass is 32.2. The molecule has 8 nitrogen and oxygen atoms in total. The number of sulfonamides is 1. The van der Waals surface area contributed by atoms with Crippen LogP contribution in [0.15, 0.2) is 48.5 Å². The number of hydrogen-bond acceptors (Lipinski definition) is 5. The smallest absolute Gasteiger partial charge is 0.243 e. The van der Waals surface area contributed by atoms with Crippen molar-refractivity contribution in [2.75, 3.05) is 23.7 Å². The number of nitrogens with zero attached hydrogens (tertiary/aromatic N) is 2. The second kappa shape index (κ2) is 13.6. The molecule has 210 valence electrons. The molecule has 2 aromatic rings. The van der Waals surface area contributed by atoms with Crippen molar-refractivity contribution in [2.45, 2.75) is 78.9 Å². The number of ether oxygens (including phenoxy) is 1. The van der Waals surface area contributed by atoms with Crippen molar-refractivity contribution in [2.24, 2.45) is 0 Å². The van der Waals surface area contributed by atoms with Crippen molar-refractivity contribution in [1.29, 1.82) is 0 Å². The Morgan fingerprint density at radius 2 is 1.66 bits per heavy atom. The molecule has 0 bridgehead atoms. The van der Waals surface area contributed by atoms with Crippen molar-refractivity contribution in [1.82, 2.24) is 10.2 Å². The summed E-state index contributed by atoms with van der Waals surface area (Å²) >= 11 is 0. The molecule has 0 saturated heterocycles. The van der Waals surface area contributed by atoms with Crippen molar-refractivity contribution in [3.8, 4) is 5.75 Å². The Balaban J connectivity index is 2.29. The van der Waals surface area contributed by atoms with Gasteiger partial charge in [0.25, 0.3) is 0 Å². The van der Waals surface area contributed by atoms with E-state index in [1.54, 1.807) is 29.2 Å². The molecule has 0 fully saturated rings. The number of carbonyl (C=O) groups is 2. The number of benzene rings is 2. The van der Waals surface area contributed by atoms with Gasteiger partial charge >= 0.3 is 0 Å². The Hall–Kier alpha value is -3.07. The Labute approximate surface area is 228 Å². The largest absolute Gasteiger partial charge is 0.492 e. The summed E-state index contributed by atoms with van der Waals surface area (Å²) in [6.07, 6.45) is 1.98. The fourth-order valence-corrected chi connectivity index (χ4v) is 5.24. The Morgan fingerprint density at radius 1 is 1.03 bits per heavy atom. The van der Waals surface area contributed by atoms with E-state index in [1.807, 2.05) is 65.8 Å². The SMILES string of the molecule is CCOc1ccccc1N(CCCC(=O)N(Cc1ccccc1C)[C@H](CC)C(=O)NC(C)(C)C)S(C)(=O)=O. The van der Waals surface area contributed by atoms with E-state index < -0.39 is 21.6 Å². The Bertz CT molecular complexity index is 1190. The second-order valence-corrected chi connectivity index (χ2v) is 12.4. The van der Waals surface area contributed by atoms with Gasteiger partial charge in [-0.15, -0.1) is 0 Å². The maximum Gasteiger partial charge on any atom is 0.243 e. The van der Waals surface area contributed by atoms with Gasteiger partial charge in [-0.3, -0.25) is 13.9 Å². The molecule has 0 saturated carbocycles. The third-order valence-corrected chi connectivity index (χ3v) is 7.25. The molecule has 2 aromatic carbocycles. The maximum absolute atomic E-state index is 13.6. The summed E-state index contributed by atoms with van der Waals surface area (Å²) in [7, 11) is -3.62. The summed E-state index contributed by atoms with van der Waals surface area (Å²) in [5, 5.41) is 3.01. The van der Waals surface area contributed by atoms with Gasteiger partial charge in [0.15, 0.2) is 0 Å². The normalized spacial score (nSPS) is 12.5. The van der Waals surface area contributed by atoms with Gasteiger partial charge in [0.1, 0.15) is 11.8 Å². The maximum atomic E-state index is 13.6. The predicted octanol–water partition coefficient (Wildman–Crippen LogP) is 4.66. The molecule has 1 N–H and O–H groups in total. The topological polar surface area (TPSA) is 96.0 Å². The van der Waals surface area contributed by atoms with Gasteiger partial charge in [-0.1, -0.05) is 43.3 Å². The number of anilines is 1. The van der Waals surface area contributed by atoms with E-state index in [2.05, 4.69) is 5.32 Å². The molecule has 2 rings (SSSR count). The van der Waals surface area contributed by atoms with Crippen LogP contribution in [0.4, 0.5) is 5.69 Å². The lowest BCUT2D eigenvalue weighted by molar-refractivity contribution is -0.142. The first-order valence-corrected chi connectivity index (χ1v) is 15.0. The van der Waals surface area contributed by atoms with E-state index in [0.717, 1.165) is 17.4 Å². The number of nitrogens with one attached hydrogen (secondary N) is 1. The zero-order valence-corrected chi connectivity index (χ0v) is 24.6. The molecule has 0 aliphatic rings. The highest BCUT2D eigenvalue weighted by molar-refractivity contribution is 7.92. The van der Waals surface area contributed by atoms with Crippen molar-refractivity contribution in [3.05, 3.63) is 59.7 Å². The van der Waals surface area contributed by atoms with E-state index >= 15 is 0 Å². The lowest BCUT2D eigenvalue weighted by Gasteiger charge is -2.33. The third-order valence-electron chi connectivity index (χ3n) is 6.07. The van der Waals surface area contributed by atoms with E-state index in [1.165, 1.54) is 4.31 Å². The van der Waals surface area contributed by atoms with Gasteiger partial charge < -0.3 is 15.0 Å². The number of aryl methyl sites for hydroxylation is 1. The summed E-state index contributed by atoms with van der Waals surface area (Å²) in [4.78, 5) is 28.4. The molecular weight excluding hydrogens is 502 g/mol. The summed E-state index contributed by atoms with van der Waals surface area (Å²) in [5.41, 5.74) is 2.00. The monoisotopic (exact) mass is 545 g/mol. The third kappa shape index (κ3) is 9.04. The van der Waals surface area contributed by atoms with Crippen LogP contribution in [0.1, 0.15) is 65.0 Å². The molecule has 9 heteroatoms. The van der Waals surface area contributed by atoms with Crippen molar-refractivity contribution >= 4 is 27.5 Å². The first-order valence-electron chi connectivity index (χ1n) is 13.1. The van der Waals surface area contributed by atoms with Gasteiger partial charge in [-0.25, -0.2) is 8.42 Å². The number of carbonyl (C=O) groups excluding carboxylic acids is 2. The van der Waals surface area contributed by atoms with E-state index in [0.29, 0.717) is 31.0 Å². The summed E-state index contributed by atoms with van der Waals surface area (Å²) < 4.78 is 32.3. The van der Waals surface area contributed by atoms with Gasteiger partial charge in [-0.2, -0.15) is 0 Å². The zero-order valence-electron chi connectivity index (χ0n) is 23.8. The lowest BCUT2D eigenvalue weighted by atomic mass is 10.0. The molecule has 0 aliphatic heterocycles. The number of hydrogen-bond donors (Lipinski definition) is 1. The van der Waals surface area contributed by atoms with Crippen LogP contribution in [0, 0.1) is 6.92 Å². The van der Waals surface area contributed by atoms with Gasteiger partial charge in [0.05, 0.1) is 18.6 Å². The molecular formula is C29H43N3O5S.